The van der Waals surface area contributed by atoms with Crippen LogP contribution in [0.25, 0.3) is 11.3 Å². The van der Waals surface area contributed by atoms with Gasteiger partial charge in [0.05, 0.1) is 17.3 Å². The molecule has 0 amide bonds. The fourth-order valence-electron chi connectivity index (χ4n) is 4.41. The molecule has 4 rings (SSSR count). The van der Waals surface area contributed by atoms with Crippen LogP contribution < -0.4 is 0 Å². The van der Waals surface area contributed by atoms with Gasteiger partial charge in [-0.2, -0.15) is 9.57 Å². The van der Waals surface area contributed by atoms with Crippen molar-refractivity contribution in [3.05, 3.63) is 48.0 Å². The highest BCUT2D eigenvalue weighted by molar-refractivity contribution is 7.89. The molecular weight excluding hydrogens is 396 g/mol. The average Bonchev–Trinajstić information content (AvgIpc) is 2.80. The first-order valence-electron chi connectivity index (χ1n) is 10.8. The minimum Gasteiger partial charge on any atom is -0.303 e. The van der Waals surface area contributed by atoms with Gasteiger partial charge in [-0.15, -0.1) is 0 Å². The normalized spacial score (nSPS) is 19.4. The lowest BCUT2D eigenvalue weighted by atomic mass is 9.96. The predicted molar refractivity (Wildman–Crippen MR) is 116 cm³/mol. The highest BCUT2D eigenvalue weighted by Gasteiger charge is 2.31. The first kappa shape index (κ1) is 21.0. The number of benzene rings is 1. The second-order valence-corrected chi connectivity index (χ2v) is 10.1. The van der Waals surface area contributed by atoms with Gasteiger partial charge in [0.25, 0.3) is 10.0 Å². The van der Waals surface area contributed by atoms with Crippen LogP contribution >= 0.6 is 0 Å². The van der Waals surface area contributed by atoms with Gasteiger partial charge in [-0.25, -0.2) is 13.4 Å². The van der Waals surface area contributed by atoms with Crippen molar-refractivity contribution >= 4 is 10.0 Å². The summed E-state index contributed by atoms with van der Waals surface area (Å²) in [5.41, 5.74) is 1.96. The number of pyridine rings is 1. The zero-order valence-corrected chi connectivity index (χ0v) is 18.0. The van der Waals surface area contributed by atoms with E-state index in [2.05, 4.69) is 16.0 Å². The van der Waals surface area contributed by atoms with E-state index in [1.54, 1.807) is 46.8 Å². The van der Waals surface area contributed by atoms with Crippen LogP contribution in [-0.4, -0.2) is 55.3 Å². The molecule has 0 saturated carbocycles. The maximum atomic E-state index is 13.2. The summed E-state index contributed by atoms with van der Waals surface area (Å²) in [6.45, 7) is 4.59. The van der Waals surface area contributed by atoms with E-state index in [4.69, 9.17) is 5.26 Å². The predicted octanol–water partition coefficient (Wildman–Crippen LogP) is 3.51. The molecule has 0 N–H and O–H groups in total. The highest BCUT2D eigenvalue weighted by Crippen LogP contribution is 2.26. The zero-order valence-electron chi connectivity index (χ0n) is 17.2. The summed E-state index contributed by atoms with van der Waals surface area (Å²) >= 11 is 0. The van der Waals surface area contributed by atoms with E-state index in [1.165, 1.54) is 32.4 Å². The third-order valence-electron chi connectivity index (χ3n) is 6.18. The van der Waals surface area contributed by atoms with Gasteiger partial charge in [0.1, 0.15) is 0 Å². The molecule has 0 bridgehead atoms. The number of sulfonamides is 1. The summed E-state index contributed by atoms with van der Waals surface area (Å²) < 4.78 is 27.9. The van der Waals surface area contributed by atoms with Gasteiger partial charge in [-0.1, -0.05) is 24.6 Å². The molecular formula is C23H28N4O2S. The van der Waals surface area contributed by atoms with Crippen LogP contribution in [0.15, 0.2) is 47.5 Å². The van der Waals surface area contributed by atoms with Crippen LogP contribution in [0.2, 0.25) is 0 Å². The van der Waals surface area contributed by atoms with Crippen molar-refractivity contribution in [2.24, 2.45) is 5.92 Å². The van der Waals surface area contributed by atoms with Crippen LogP contribution in [0.3, 0.4) is 0 Å². The number of rotatable bonds is 5. The first-order chi connectivity index (χ1) is 14.6. The molecule has 1 aromatic heterocycles. The Balaban J connectivity index is 1.43. The van der Waals surface area contributed by atoms with Crippen molar-refractivity contribution in [1.29, 1.82) is 5.26 Å². The lowest BCUT2D eigenvalue weighted by Gasteiger charge is -2.35. The summed E-state index contributed by atoms with van der Waals surface area (Å²) in [6, 6.07) is 14.2. The lowest BCUT2D eigenvalue weighted by molar-refractivity contribution is 0.161. The SMILES string of the molecule is N#Cc1ccc(-c2cccc(S(=O)(=O)N3CCC(CN4CCCCC4)CC3)n2)cc1. The number of nitrogens with zero attached hydrogens (tertiary/aromatic N) is 4. The molecule has 2 aliphatic rings. The van der Waals surface area contributed by atoms with Crippen molar-refractivity contribution in [2.75, 3.05) is 32.7 Å². The Morgan fingerprint density at radius 1 is 0.967 bits per heavy atom. The van der Waals surface area contributed by atoms with Crippen LogP contribution in [0.1, 0.15) is 37.7 Å². The Morgan fingerprint density at radius 3 is 2.33 bits per heavy atom. The summed E-state index contributed by atoms with van der Waals surface area (Å²) in [6.07, 6.45) is 5.72. The Hall–Kier alpha value is -2.27. The van der Waals surface area contributed by atoms with Crippen LogP contribution in [-0.2, 0) is 10.0 Å². The smallest absolute Gasteiger partial charge is 0.260 e. The molecule has 2 aliphatic heterocycles. The molecule has 2 fully saturated rings. The van der Waals surface area contributed by atoms with Crippen molar-refractivity contribution in [2.45, 2.75) is 37.1 Å². The Labute approximate surface area is 179 Å². The Morgan fingerprint density at radius 2 is 1.67 bits per heavy atom. The molecule has 0 radical (unpaired) electrons. The number of likely N-dealkylation sites (tertiary alicyclic amines) is 1. The molecule has 2 aromatic rings. The van der Waals surface area contributed by atoms with Crippen molar-refractivity contribution < 1.29 is 8.42 Å². The first-order valence-corrected chi connectivity index (χ1v) is 12.2. The van der Waals surface area contributed by atoms with Gasteiger partial charge >= 0.3 is 0 Å². The monoisotopic (exact) mass is 424 g/mol. The van der Waals surface area contributed by atoms with E-state index >= 15 is 0 Å². The second kappa shape index (κ2) is 9.25. The zero-order chi connectivity index (χ0) is 21.0. The van der Waals surface area contributed by atoms with Crippen molar-refractivity contribution in [3.63, 3.8) is 0 Å². The third-order valence-corrected chi connectivity index (χ3v) is 7.98. The molecule has 3 heterocycles. The van der Waals surface area contributed by atoms with Gasteiger partial charge in [0.2, 0.25) is 0 Å². The summed E-state index contributed by atoms with van der Waals surface area (Å²) in [7, 11) is -3.61. The quantitative estimate of drug-likeness (QED) is 0.734. The van der Waals surface area contributed by atoms with Crippen molar-refractivity contribution in [1.82, 2.24) is 14.2 Å². The number of hydrogen-bond acceptors (Lipinski definition) is 5. The summed E-state index contributed by atoms with van der Waals surface area (Å²) in [5.74, 6) is 0.576. The van der Waals surface area contributed by atoms with Gasteiger partial charge in [-0.3, -0.25) is 0 Å². The molecule has 30 heavy (non-hydrogen) atoms. The van der Waals surface area contributed by atoms with E-state index in [1.807, 2.05) is 0 Å². The van der Waals surface area contributed by atoms with Crippen LogP contribution in [0.5, 0.6) is 0 Å². The minimum absolute atomic E-state index is 0.0961. The molecule has 2 saturated heterocycles. The molecule has 1 aromatic carbocycles. The summed E-state index contributed by atoms with van der Waals surface area (Å²) in [5, 5.41) is 9.05. The van der Waals surface area contributed by atoms with Crippen LogP contribution in [0.4, 0.5) is 0 Å². The van der Waals surface area contributed by atoms with Gasteiger partial charge < -0.3 is 4.90 Å². The standard InChI is InChI=1S/C23H28N4O2S/c24-17-19-7-9-21(10-8-19)22-5-4-6-23(25-22)30(28,29)27-15-11-20(12-16-27)18-26-13-2-1-3-14-26/h4-10,20H,1-3,11-16,18H2. The summed E-state index contributed by atoms with van der Waals surface area (Å²) in [4.78, 5) is 6.98. The molecule has 0 atom stereocenters. The van der Waals surface area contributed by atoms with E-state index in [0.29, 0.717) is 30.3 Å². The molecule has 0 aliphatic carbocycles. The number of piperidine rings is 2. The van der Waals surface area contributed by atoms with Gasteiger partial charge in [-0.05, 0) is 69.0 Å². The maximum Gasteiger partial charge on any atom is 0.260 e. The molecule has 0 unspecified atom stereocenters. The van der Waals surface area contributed by atoms with E-state index in [9.17, 15) is 8.42 Å². The Bertz CT molecular complexity index is 1000. The molecule has 7 heteroatoms. The topological polar surface area (TPSA) is 77.3 Å². The number of aromatic nitrogens is 1. The molecule has 6 nitrogen and oxygen atoms in total. The molecule has 158 valence electrons. The van der Waals surface area contributed by atoms with E-state index < -0.39 is 10.0 Å². The fraction of sp³-hybridized carbons (Fsp3) is 0.478. The highest BCUT2D eigenvalue weighted by atomic mass is 32.2. The number of hydrogen-bond donors (Lipinski definition) is 0. The maximum absolute atomic E-state index is 13.2. The largest absolute Gasteiger partial charge is 0.303 e. The molecule has 0 spiro atoms. The van der Waals surface area contributed by atoms with Crippen molar-refractivity contribution in [3.8, 4) is 17.3 Å². The van der Waals surface area contributed by atoms with E-state index in [-0.39, 0.29) is 5.03 Å². The van der Waals surface area contributed by atoms with E-state index in [0.717, 1.165) is 24.9 Å². The third kappa shape index (κ3) is 4.72. The van der Waals surface area contributed by atoms with Gasteiger partial charge in [0, 0.05) is 25.2 Å². The minimum atomic E-state index is -3.61. The van der Waals surface area contributed by atoms with Crippen LogP contribution in [0, 0.1) is 17.2 Å². The van der Waals surface area contributed by atoms with Gasteiger partial charge in [0.15, 0.2) is 5.03 Å². The average molecular weight is 425 g/mol. The number of nitriles is 1. The fourth-order valence-corrected chi connectivity index (χ4v) is 5.83. The second-order valence-electron chi connectivity index (χ2n) is 8.26. The Kier molecular flexibility index (Phi) is 6.47. The lowest BCUT2D eigenvalue weighted by Crippen LogP contribution is -2.42.